The molecule has 9 aromatic rings. The second kappa shape index (κ2) is 11.1. The highest BCUT2D eigenvalue weighted by molar-refractivity contribution is 8.00. The Balaban J connectivity index is 1.09. The molecule has 6 heteroatoms. The second-order valence-electron chi connectivity index (χ2n) is 13.1. The Bertz CT molecular complexity index is 2790. The van der Waals surface area contributed by atoms with Gasteiger partial charge < -0.3 is 8.98 Å². The van der Waals surface area contributed by atoms with E-state index in [1.165, 1.54) is 38.0 Å². The highest BCUT2D eigenvalue weighted by Crippen LogP contribution is 2.56. The van der Waals surface area contributed by atoms with Crippen LogP contribution in [0.2, 0.25) is 0 Å². The molecule has 1 aliphatic heterocycles. The van der Waals surface area contributed by atoms with E-state index in [0.717, 1.165) is 38.6 Å². The lowest BCUT2D eigenvalue weighted by Gasteiger charge is -2.25. The Kier molecular flexibility index (Phi) is 6.24. The van der Waals surface area contributed by atoms with Crippen molar-refractivity contribution in [3.8, 4) is 34.2 Å². The zero-order chi connectivity index (χ0) is 33.5. The quantitative estimate of drug-likeness (QED) is 0.186. The molecule has 2 atom stereocenters. The van der Waals surface area contributed by atoms with Gasteiger partial charge in [-0.15, -0.1) is 11.8 Å². The Morgan fingerprint density at radius 2 is 1.20 bits per heavy atom. The molecule has 240 valence electrons. The van der Waals surface area contributed by atoms with Gasteiger partial charge in [0.1, 0.15) is 11.2 Å². The predicted octanol–water partition coefficient (Wildman–Crippen LogP) is 11.5. The van der Waals surface area contributed by atoms with Gasteiger partial charge in [0, 0.05) is 55.1 Å². The van der Waals surface area contributed by atoms with Crippen LogP contribution in [-0.2, 0) is 0 Å². The number of benzene rings is 6. The Labute approximate surface area is 297 Å². The number of furan rings is 1. The van der Waals surface area contributed by atoms with Gasteiger partial charge in [-0.05, 0) is 29.8 Å². The molecule has 51 heavy (non-hydrogen) atoms. The van der Waals surface area contributed by atoms with Crippen LogP contribution in [0.25, 0.3) is 83.6 Å². The zero-order valence-electron chi connectivity index (χ0n) is 27.3. The van der Waals surface area contributed by atoms with Crippen LogP contribution in [0.15, 0.2) is 167 Å². The molecule has 0 spiro atoms. The summed E-state index contributed by atoms with van der Waals surface area (Å²) in [5.41, 5.74) is 9.60. The van der Waals surface area contributed by atoms with Crippen LogP contribution in [0.1, 0.15) is 11.5 Å². The molecule has 11 rings (SSSR count). The Hall–Kier alpha value is -6.24. The molecule has 2 unspecified atom stereocenters. The largest absolute Gasteiger partial charge is 0.455 e. The summed E-state index contributed by atoms with van der Waals surface area (Å²) >= 11 is 1.90. The molecule has 0 bridgehead atoms. The molecular weight excluding hydrogens is 645 g/mol. The van der Waals surface area contributed by atoms with Gasteiger partial charge in [-0.2, -0.15) is 0 Å². The molecule has 0 saturated carbocycles. The minimum Gasteiger partial charge on any atom is -0.455 e. The number of rotatable bonds is 4. The number of hydrogen-bond donors (Lipinski definition) is 0. The maximum atomic E-state index is 6.82. The van der Waals surface area contributed by atoms with E-state index in [2.05, 4.69) is 95.6 Å². The first-order chi connectivity index (χ1) is 25.3. The van der Waals surface area contributed by atoms with Crippen LogP contribution < -0.4 is 0 Å². The lowest BCUT2D eigenvalue weighted by molar-refractivity contribution is 0.659. The van der Waals surface area contributed by atoms with Gasteiger partial charge in [-0.1, -0.05) is 133 Å². The molecule has 0 radical (unpaired) electrons. The number of allylic oxidation sites excluding steroid dienone is 3. The zero-order valence-corrected chi connectivity index (χ0v) is 28.1. The number of nitrogens with zero attached hydrogens (tertiary/aromatic N) is 4. The van der Waals surface area contributed by atoms with E-state index < -0.39 is 0 Å². The molecule has 0 fully saturated rings. The van der Waals surface area contributed by atoms with E-state index in [4.69, 9.17) is 19.4 Å². The average Bonchev–Trinajstić information content (AvgIpc) is 3.88. The molecule has 6 aromatic carbocycles. The van der Waals surface area contributed by atoms with Crippen molar-refractivity contribution in [1.82, 2.24) is 19.5 Å². The van der Waals surface area contributed by atoms with Crippen LogP contribution in [0, 0.1) is 0 Å². The van der Waals surface area contributed by atoms with Gasteiger partial charge in [-0.3, -0.25) is 0 Å². The number of thioether (sulfide) groups is 1. The van der Waals surface area contributed by atoms with Gasteiger partial charge in [0.05, 0.1) is 15.9 Å². The maximum absolute atomic E-state index is 6.82. The molecule has 0 saturated heterocycles. The summed E-state index contributed by atoms with van der Waals surface area (Å²) in [6.45, 7) is 0. The topological polar surface area (TPSA) is 56.7 Å². The van der Waals surface area contributed by atoms with Gasteiger partial charge in [0.15, 0.2) is 17.5 Å². The fourth-order valence-corrected chi connectivity index (χ4v) is 9.46. The molecule has 0 amide bonds. The van der Waals surface area contributed by atoms with E-state index >= 15 is 0 Å². The van der Waals surface area contributed by atoms with Crippen molar-refractivity contribution in [2.75, 3.05) is 0 Å². The van der Waals surface area contributed by atoms with E-state index in [-0.39, 0.29) is 11.2 Å². The monoisotopic (exact) mass is 672 g/mol. The summed E-state index contributed by atoms with van der Waals surface area (Å²) in [7, 11) is 0. The normalized spacial score (nSPS) is 16.6. The van der Waals surface area contributed by atoms with Crippen LogP contribution in [0.3, 0.4) is 0 Å². The highest BCUT2D eigenvalue weighted by atomic mass is 32.2. The molecule has 0 N–H and O–H groups in total. The van der Waals surface area contributed by atoms with Crippen molar-refractivity contribution < 1.29 is 4.42 Å². The number of fused-ring (bicyclic) bond motifs is 10. The van der Waals surface area contributed by atoms with Crippen LogP contribution >= 0.6 is 11.8 Å². The maximum Gasteiger partial charge on any atom is 0.164 e. The van der Waals surface area contributed by atoms with E-state index in [0.29, 0.717) is 17.5 Å². The standard InChI is InChI=1S/C45H28N4OS/c1-3-13-27(14-4-1)43-46-44(28-15-5-2-6-16-28)48-45(47-43)33-19-11-23-37-39(33)31-25-26-32-40-36(22-12-24-38(40)51-42(32)41(31)50-37)49-34-20-9-7-17-29(34)30-18-8-10-21-35(30)49/h1-26,38,40H. The molecule has 1 aliphatic carbocycles. The SMILES string of the molecule is C1=CC2Sc3c(ccc4c3oc3cccc(-c5nc(-c6ccccc6)nc(-c6ccccc6)n5)c34)C2C(n2c3ccccc3c3ccccc32)=C1. The molecule has 5 nitrogen and oxygen atoms in total. The summed E-state index contributed by atoms with van der Waals surface area (Å²) in [5, 5.41) is 4.89. The third kappa shape index (κ3) is 4.33. The van der Waals surface area contributed by atoms with Crippen molar-refractivity contribution in [3.63, 3.8) is 0 Å². The lowest BCUT2D eigenvalue weighted by Crippen LogP contribution is -2.16. The molecule has 3 aromatic heterocycles. The summed E-state index contributed by atoms with van der Waals surface area (Å²) < 4.78 is 9.29. The van der Waals surface area contributed by atoms with Crippen molar-refractivity contribution in [2.24, 2.45) is 0 Å². The average molecular weight is 673 g/mol. The van der Waals surface area contributed by atoms with Crippen LogP contribution in [0.5, 0.6) is 0 Å². The summed E-state index contributed by atoms with van der Waals surface area (Å²) in [5.74, 6) is 2.08. The third-order valence-electron chi connectivity index (χ3n) is 10.2. The van der Waals surface area contributed by atoms with Crippen molar-refractivity contribution >= 4 is 61.2 Å². The number of para-hydroxylation sites is 2. The Morgan fingerprint density at radius 1 is 0.569 bits per heavy atom. The summed E-state index contributed by atoms with van der Waals surface area (Å²) in [6, 6.07) is 48.5. The van der Waals surface area contributed by atoms with Gasteiger partial charge in [-0.25, -0.2) is 15.0 Å². The summed E-state index contributed by atoms with van der Waals surface area (Å²) in [6.07, 6.45) is 6.86. The smallest absolute Gasteiger partial charge is 0.164 e. The first-order valence-electron chi connectivity index (χ1n) is 17.2. The van der Waals surface area contributed by atoms with Crippen LogP contribution in [-0.4, -0.2) is 24.8 Å². The van der Waals surface area contributed by atoms with Crippen molar-refractivity contribution in [2.45, 2.75) is 16.1 Å². The van der Waals surface area contributed by atoms with Crippen LogP contribution in [0.4, 0.5) is 0 Å². The van der Waals surface area contributed by atoms with E-state index in [9.17, 15) is 0 Å². The highest BCUT2D eigenvalue weighted by Gasteiger charge is 2.39. The van der Waals surface area contributed by atoms with E-state index in [1.807, 2.05) is 78.5 Å². The number of hydrogen-bond acceptors (Lipinski definition) is 5. The predicted molar refractivity (Wildman–Crippen MR) is 209 cm³/mol. The molecular formula is C45H28N4OS. The van der Waals surface area contributed by atoms with Gasteiger partial charge in [0.2, 0.25) is 0 Å². The fourth-order valence-electron chi connectivity index (χ4n) is 8.00. The minimum atomic E-state index is 0.177. The Morgan fingerprint density at radius 3 is 1.88 bits per heavy atom. The summed E-state index contributed by atoms with van der Waals surface area (Å²) in [4.78, 5) is 16.3. The molecule has 4 heterocycles. The van der Waals surface area contributed by atoms with Gasteiger partial charge >= 0.3 is 0 Å². The fraction of sp³-hybridized carbons (Fsp3) is 0.0444. The first kappa shape index (κ1) is 28.6. The van der Waals surface area contributed by atoms with Gasteiger partial charge in [0.25, 0.3) is 0 Å². The number of aromatic nitrogens is 4. The van der Waals surface area contributed by atoms with Crippen molar-refractivity contribution in [1.29, 1.82) is 0 Å². The first-order valence-corrected chi connectivity index (χ1v) is 18.1. The minimum absolute atomic E-state index is 0.177. The third-order valence-corrected chi connectivity index (χ3v) is 11.6. The molecule has 2 aliphatic rings. The lowest BCUT2D eigenvalue weighted by atomic mass is 9.88. The second-order valence-corrected chi connectivity index (χ2v) is 14.3. The van der Waals surface area contributed by atoms with E-state index in [1.54, 1.807) is 0 Å². The van der Waals surface area contributed by atoms with Crippen molar-refractivity contribution in [3.05, 3.63) is 163 Å².